The lowest BCUT2D eigenvalue weighted by Crippen LogP contribution is -2.30. The molecule has 0 saturated heterocycles. The molecular weight excluding hydrogens is 264 g/mol. The Morgan fingerprint density at radius 2 is 2.05 bits per heavy atom. The molecule has 0 N–H and O–H groups in total. The fourth-order valence-electron chi connectivity index (χ4n) is 2.70. The van der Waals surface area contributed by atoms with E-state index in [1.54, 1.807) is 0 Å². The number of fused-ring (bicyclic) bond motifs is 1. The van der Waals surface area contributed by atoms with Gasteiger partial charge in [0.05, 0.1) is 6.61 Å². The maximum absolute atomic E-state index is 10.9. The maximum atomic E-state index is 10.9. The van der Waals surface area contributed by atoms with Gasteiger partial charge in [0, 0.05) is 23.6 Å². The Morgan fingerprint density at radius 1 is 1.33 bits per heavy atom. The molecule has 2 rings (SSSR count). The summed E-state index contributed by atoms with van der Waals surface area (Å²) >= 11 is 0. The van der Waals surface area contributed by atoms with Crippen LogP contribution < -0.4 is 9.47 Å². The minimum absolute atomic E-state index is 0.331. The molecule has 0 bridgehead atoms. The van der Waals surface area contributed by atoms with Crippen molar-refractivity contribution in [2.24, 2.45) is 5.92 Å². The van der Waals surface area contributed by atoms with E-state index in [1.165, 1.54) is 5.57 Å². The van der Waals surface area contributed by atoms with Crippen molar-refractivity contribution in [1.82, 2.24) is 0 Å². The molecule has 0 aromatic heterocycles. The minimum Gasteiger partial charge on any atom is -0.493 e. The fourth-order valence-corrected chi connectivity index (χ4v) is 2.70. The first-order valence-electron chi connectivity index (χ1n) is 7.53. The van der Waals surface area contributed by atoms with E-state index in [0.717, 1.165) is 28.9 Å². The molecule has 0 fully saturated rings. The van der Waals surface area contributed by atoms with Gasteiger partial charge in [-0.3, -0.25) is 0 Å². The van der Waals surface area contributed by atoms with E-state index >= 15 is 0 Å². The Labute approximate surface area is 127 Å². The van der Waals surface area contributed by atoms with Crippen LogP contribution in [0.2, 0.25) is 0 Å². The van der Waals surface area contributed by atoms with E-state index in [2.05, 4.69) is 33.8 Å². The van der Waals surface area contributed by atoms with Crippen molar-refractivity contribution >= 4 is 11.9 Å². The molecule has 0 amide bonds. The molecule has 0 unspecified atom stereocenters. The van der Waals surface area contributed by atoms with Gasteiger partial charge in [-0.25, -0.2) is 0 Å². The van der Waals surface area contributed by atoms with E-state index in [1.807, 2.05) is 19.1 Å². The zero-order valence-electron chi connectivity index (χ0n) is 13.5. The summed E-state index contributed by atoms with van der Waals surface area (Å²) in [6, 6.07) is 3.96. The highest BCUT2D eigenvalue weighted by molar-refractivity contribution is 5.77. The average Bonchev–Trinajstić information content (AvgIpc) is 2.38. The van der Waals surface area contributed by atoms with Crippen LogP contribution in [-0.4, -0.2) is 18.5 Å². The normalized spacial score (nSPS) is 16.0. The highest BCUT2D eigenvalue weighted by Crippen LogP contribution is 2.42. The van der Waals surface area contributed by atoms with Gasteiger partial charge in [0.1, 0.15) is 23.4 Å². The molecule has 3 nitrogen and oxygen atoms in total. The van der Waals surface area contributed by atoms with Crippen molar-refractivity contribution in [3.05, 3.63) is 29.3 Å². The van der Waals surface area contributed by atoms with E-state index in [0.29, 0.717) is 18.9 Å². The minimum atomic E-state index is -0.331. The largest absolute Gasteiger partial charge is 0.493 e. The lowest BCUT2D eigenvalue weighted by molar-refractivity contribution is -0.107. The van der Waals surface area contributed by atoms with Crippen LogP contribution in [0.1, 0.15) is 45.7 Å². The molecule has 1 heterocycles. The number of benzene rings is 1. The number of hydrogen-bond donors (Lipinski definition) is 0. The van der Waals surface area contributed by atoms with Crippen LogP contribution in [0.5, 0.6) is 11.5 Å². The summed E-state index contributed by atoms with van der Waals surface area (Å²) in [6.07, 6.45) is 3.44. The number of carbonyl (C=O) groups is 1. The van der Waals surface area contributed by atoms with Gasteiger partial charge in [0.25, 0.3) is 0 Å². The summed E-state index contributed by atoms with van der Waals surface area (Å²) in [5, 5.41) is 0. The van der Waals surface area contributed by atoms with E-state index in [-0.39, 0.29) is 5.60 Å². The molecule has 1 aliphatic heterocycles. The maximum Gasteiger partial charge on any atom is 0.131 e. The topological polar surface area (TPSA) is 35.5 Å². The molecule has 0 radical (unpaired) electrons. The van der Waals surface area contributed by atoms with E-state index in [4.69, 9.17) is 9.47 Å². The zero-order chi connectivity index (χ0) is 15.6. The molecule has 0 aliphatic carbocycles. The molecule has 1 aromatic rings. The Bertz CT molecular complexity index is 568. The van der Waals surface area contributed by atoms with Crippen LogP contribution in [-0.2, 0) is 11.2 Å². The molecule has 114 valence electrons. The van der Waals surface area contributed by atoms with Crippen LogP contribution in [0, 0.1) is 5.92 Å². The smallest absolute Gasteiger partial charge is 0.131 e. The average molecular weight is 288 g/mol. The van der Waals surface area contributed by atoms with Gasteiger partial charge in [0.15, 0.2) is 0 Å². The number of rotatable bonds is 5. The second-order valence-corrected chi connectivity index (χ2v) is 6.22. The number of carbonyl (C=O) groups excluding carboxylic acids is 1. The molecule has 21 heavy (non-hydrogen) atoms. The number of hydrogen-bond acceptors (Lipinski definition) is 3. The summed E-state index contributed by atoms with van der Waals surface area (Å²) in [5.74, 6) is 1.97. The SMILES string of the molecule is CCOc1cc2c(cc1CC=O)C(C(C)C)=CC(C)(C)O2. The van der Waals surface area contributed by atoms with Gasteiger partial charge in [-0.15, -0.1) is 0 Å². The summed E-state index contributed by atoms with van der Waals surface area (Å²) in [6.45, 7) is 11.0. The highest BCUT2D eigenvalue weighted by atomic mass is 16.5. The molecule has 0 spiro atoms. The first-order valence-corrected chi connectivity index (χ1v) is 7.53. The van der Waals surface area contributed by atoms with Crippen molar-refractivity contribution in [1.29, 1.82) is 0 Å². The van der Waals surface area contributed by atoms with E-state index in [9.17, 15) is 4.79 Å². The monoisotopic (exact) mass is 288 g/mol. The van der Waals surface area contributed by atoms with Gasteiger partial charge in [-0.1, -0.05) is 13.8 Å². The van der Waals surface area contributed by atoms with Gasteiger partial charge >= 0.3 is 0 Å². The quantitative estimate of drug-likeness (QED) is 0.767. The fraction of sp³-hybridized carbons (Fsp3) is 0.500. The van der Waals surface area contributed by atoms with Crippen LogP contribution in [0.3, 0.4) is 0 Å². The standard InChI is InChI=1S/C18H24O3/c1-6-20-16-10-17-14(9-13(16)7-8-19)15(12(2)3)11-18(4,5)21-17/h8-12H,6-7H2,1-5H3. The van der Waals surface area contributed by atoms with Crippen molar-refractivity contribution in [3.63, 3.8) is 0 Å². The lowest BCUT2D eigenvalue weighted by atomic mass is 9.87. The Hall–Kier alpha value is -1.77. The molecule has 0 atom stereocenters. The third kappa shape index (κ3) is 3.29. The Balaban J connectivity index is 2.58. The van der Waals surface area contributed by atoms with Crippen molar-refractivity contribution in [3.8, 4) is 11.5 Å². The highest BCUT2D eigenvalue weighted by Gasteiger charge is 2.29. The Kier molecular flexibility index (Phi) is 4.40. The van der Waals surface area contributed by atoms with Crippen LogP contribution in [0.4, 0.5) is 0 Å². The summed E-state index contributed by atoms with van der Waals surface area (Å²) in [7, 11) is 0. The second kappa shape index (κ2) is 5.92. The molecule has 0 saturated carbocycles. The molecule has 1 aliphatic rings. The van der Waals surface area contributed by atoms with Crippen LogP contribution in [0.15, 0.2) is 18.2 Å². The van der Waals surface area contributed by atoms with Crippen LogP contribution >= 0.6 is 0 Å². The van der Waals surface area contributed by atoms with E-state index < -0.39 is 0 Å². The lowest BCUT2D eigenvalue weighted by Gasteiger charge is -2.33. The third-order valence-electron chi connectivity index (χ3n) is 3.57. The van der Waals surface area contributed by atoms with Crippen molar-refractivity contribution < 1.29 is 14.3 Å². The van der Waals surface area contributed by atoms with Crippen molar-refractivity contribution in [2.75, 3.05) is 6.61 Å². The number of aldehydes is 1. The number of ether oxygens (including phenoxy) is 2. The summed E-state index contributed by atoms with van der Waals surface area (Å²) in [4.78, 5) is 10.9. The number of allylic oxidation sites excluding steroid dienone is 1. The van der Waals surface area contributed by atoms with Gasteiger partial charge < -0.3 is 14.3 Å². The summed E-state index contributed by atoms with van der Waals surface area (Å²) < 4.78 is 11.7. The predicted molar refractivity (Wildman–Crippen MR) is 84.9 cm³/mol. The molecular formula is C18H24O3. The van der Waals surface area contributed by atoms with Gasteiger partial charge in [0.2, 0.25) is 0 Å². The van der Waals surface area contributed by atoms with Gasteiger partial charge in [-0.2, -0.15) is 0 Å². The van der Waals surface area contributed by atoms with Crippen LogP contribution in [0.25, 0.3) is 5.57 Å². The Morgan fingerprint density at radius 3 is 2.62 bits per heavy atom. The first kappa shape index (κ1) is 15.6. The first-order chi connectivity index (χ1) is 9.88. The third-order valence-corrected chi connectivity index (χ3v) is 3.57. The van der Waals surface area contributed by atoms with Gasteiger partial charge in [-0.05, 0) is 44.4 Å². The second-order valence-electron chi connectivity index (χ2n) is 6.22. The molecule has 3 heteroatoms. The molecule has 1 aromatic carbocycles. The predicted octanol–water partition coefficient (Wildman–Crippen LogP) is 4.04. The summed E-state index contributed by atoms with van der Waals surface area (Å²) in [5.41, 5.74) is 2.92. The van der Waals surface area contributed by atoms with Crippen molar-refractivity contribution in [2.45, 2.75) is 46.6 Å². The zero-order valence-corrected chi connectivity index (χ0v) is 13.5.